The Morgan fingerprint density at radius 1 is 1.38 bits per heavy atom. The van der Waals surface area contributed by atoms with Gasteiger partial charge in [-0.25, -0.2) is 0 Å². The molecule has 1 N–H and O–H groups in total. The molecule has 0 heterocycles. The fourth-order valence-electron chi connectivity index (χ4n) is 2.37. The number of carbonyl (C=O) groups is 1. The number of carbonyl (C=O) groups excluding carboxylic acids is 1. The van der Waals surface area contributed by atoms with Crippen LogP contribution in [0.5, 0.6) is 5.75 Å². The first-order valence-electron chi connectivity index (χ1n) is 7.46. The van der Waals surface area contributed by atoms with E-state index in [0.29, 0.717) is 17.3 Å². The van der Waals surface area contributed by atoms with E-state index in [1.54, 1.807) is 31.2 Å². The molecule has 1 atom stereocenters. The van der Waals surface area contributed by atoms with E-state index in [0.717, 1.165) is 11.0 Å². The molecule has 0 unspecified atom stereocenters. The van der Waals surface area contributed by atoms with Crippen molar-refractivity contribution in [2.45, 2.75) is 44.0 Å². The highest BCUT2D eigenvalue weighted by molar-refractivity contribution is 7.99. The fourth-order valence-corrected chi connectivity index (χ4v) is 3.72. The lowest BCUT2D eigenvalue weighted by molar-refractivity contribution is -0.127. The summed E-state index contributed by atoms with van der Waals surface area (Å²) in [5, 5.41) is 4.38. The summed E-state index contributed by atoms with van der Waals surface area (Å²) >= 11 is 7.79. The molecular formula is C16H22ClNO2S. The topological polar surface area (TPSA) is 38.3 Å². The molecule has 1 aromatic rings. The fraction of sp³-hybridized carbons (Fsp3) is 0.562. The van der Waals surface area contributed by atoms with Gasteiger partial charge in [0.2, 0.25) is 0 Å². The number of benzene rings is 1. The Balaban J connectivity index is 1.63. The zero-order valence-electron chi connectivity index (χ0n) is 12.3. The van der Waals surface area contributed by atoms with Gasteiger partial charge in [0.25, 0.3) is 5.91 Å². The van der Waals surface area contributed by atoms with Gasteiger partial charge in [-0.2, -0.15) is 11.8 Å². The largest absolute Gasteiger partial charge is 0.481 e. The van der Waals surface area contributed by atoms with Crippen LogP contribution >= 0.6 is 23.4 Å². The SMILES string of the molecule is C[C@@H](Oc1ccc(Cl)cc1)C(=O)NCCSC1CCCC1. The second-order valence-corrected chi connectivity index (χ2v) is 7.13. The van der Waals surface area contributed by atoms with Crippen LogP contribution in [0.4, 0.5) is 0 Å². The molecular weight excluding hydrogens is 306 g/mol. The first-order chi connectivity index (χ1) is 10.1. The average molecular weight is 328 g/mol. The molecule has 1 aromatic carbocycles. The van der Waals surface area contributed by atoms with Crippen LogP contribution in [0.25, 0.3) is 0 Å². The van der Waals surface area contributed by atoms with Crippen LogP contribution in [0, 0.1) is 0 Å². The second-order valence-electron chi connectivity index (χ2n) is 5.28. The van der Waals surface area contributed by atoms with Gasteiger partial charge in [-0.15, -0.1) is 0 Å². The summed E-state index contributed by atoms with van der Waals surface area (Å²) in [5.41, 5.74) is 0. The number of rotatable bonds is 7. The second kappa shape index (κ2) is 8.54. The quantitative estimate of drug-likeness (QED) is 0.772. The molecule has 1 amide bonds. The van der Waals surface area contributed by atoms with E-state index in [-0.39, 0.29) is 5.91 Å². The van der Waals surface area contributed by atoms with Crippen LogP contribution in [0.3, 0.4) is 0 Å². The van der Waals surface area contributed by atoms with Crippen LogP contribution < -0.4 is 10.1 Å². The predicted octanol–water partition coefficient (Wildman–Crippen LogP) is 3.90. The highest BCUT2D eigenvalue weighted by Crippen LogP contribution is 2.28. The molecule has 0 saturated heterocycles. The number of hydrogen-bond acceptors (Lipinski definition) is 3. The molecule has 3 nitrogen and oxygen atoms in total. The first kappa shape index (κ1) is 16.5. The van der Waals surface area contributed by atoms with Crippen LogP contribution in [0.15, 0.2) is 24.3 Å². The molecule has 21 heavy (non-hydrogen) atoms. The minimum Gasteiger partial charge on any atom is -0.481 e. The van der Waals surface area contributed by atoms with Crippen molar-refractivity contribution in [1.29, 1.82) is 0 Å². The molecule has 0 radical (unpaired) electrons. The van der Waals surface area contributed by atoms with Crippen molar-refractivity contribution in [3.8, 4) is 5.75 Å². The number of amides is 1. The highest BCUT2D eigenvalue weighted by atomic mass is 35.5. The van der Waals surface area contributed by atoms with Crippen molar-refractivity contribution in [1.82, 2.24) is 5.32 Å². The zero-order valence-corrected chi connectivity index (χ0v) is 13.9. The third-order valence-electron chi connectivity index (χ3n) is 3.55. The number of thioether (sulfide) groups is 1. The van der Waals surface area contributed by atoms with E-state index in [4.69, 9.17) is 16.3 Å². The minimum absolute atomic E-state index is 0.0722. The van der Waals surface area contributed by atoms with E-state index in [9.17, 15) is 4.79 Å². The summed E-state index contributed by atoms with van der Waals surface area (Å²) < 4.78 is 5.58. The zero-order chi connectivity index (χ0) is 15.1. The van der Waals surface area contributed by atoms with Crippen LogP contribution in [-0.2, 0) is 4.79 Å². The third kappa shape index (κ3) is 5.79. The normalized spacial score (nSPS) is 16.7. The number of ether oxygens (including phenoxy) is 1. The van der Waals surface area contributed by atoms with Gasteiger partial charge >= 0.3 is 0 Å². The van der Waals surface area contributed by atoms with Crippen LogP contribution in [0.2, 0.25) is 5.02 Å². The van der Waals surface area contributed by atoms with Crippen molar-refractivity contribution < 1.29 is 9.53 Å². The number of halogens is 1. The molecule has 1 fully saturated rings. The van der Waals surface area contributed by atoms with E-state index < -0.39 is 6.10 Å². The van der Waals surface area contributed by atoms with Crippen molar-refractivity contribution in [2.75, 3.05) is 12.3 Å². The maximum Gasteiger partial charge on any atom is 0.260 e. The van der Waals surface area contributed by atoms with Gasteiger partial charge in [-0.1, -0.05) is 24.4 Å². The Morgan fingerprint density at radius 2 is 2.05 bits per heavy atom. The summed E-state index contributed by atoms with van der Waals surface area (Å²) in [4.78, 5) is 11.9. The first-order valence-corrected chi connectivity index (χ1v) is 8.89. The van der Waals surface area contributed by atoms with Gasteiger partial charge in [0.15, 0.2) is 6.10 Å². The Hall–Kier alpha value is -0.870. The maximum atomic E-state index is 11.9. The Bertz CT molecular complexity index is 446. The lowest BCUT2D eigenvalue weighted by Crippen LogP contribution is -2.37. The number of nitrogens with one attached hydrogen (secondary N) is 1. The van der Waals surface area contributed by atoms with Crippen LogP contribution in [-0.4, -0.2) is 29.6 Å². The standard InChI is InChI=1S/C16H22ClNO2S/c1-12(20-14-8-6-13(17)7-9-14)16(19)18-10-11-21-15-4-2-3-5-15/h6-9,12,15H,2-5,10-11H2,1H3,(H,18,19)/t12-/m1/s1. The van der Waals surface area contributed by atoms with Gasteiger partial charge in [0, 0.05) is 22.6 Å². The molecule has 1 saturated carbocycles. The Morgan fingerprint density at radius 3 is 2.71 bits per heavy atom. The van der Waals surface area contributed by atoms with E-state index in [2.05, 4.69) is 5.32 Å². The molecule has 1 aliphatic carbocycles. The van der Waals surface area contributed by atoms with E-state index in [1.807, 2.05) is 11.8 Å². The molecule has 0 spiro atoms. The molecule has 116 valence electrons. The summed E-state index contributed by atoms with van der Waals surface area (Å²) in [6.07, 6.45) is 4.87. The Labute approximate surface area is 135 Å². The molecule has 0 bridgehead atoms. The summed E-state index contributed by atoms with van der Waals surface area (Å²) in [6.45, 7) is 2.46. The lowest BCUT2D eigenvalue weighted by atomic mass is 10.3. The van der Waals surface area contributed by atoms with E-state index >= 15 is 0 Å². The maximum absolute atomic E-state index is 11.9. The molecule has 5 heteroatoms. The monoisotopic (exact) mass is 327 g/mol. The smallest absolute Gasteiger partial charge is 0.260 e. The third-order valence-corrected chi connectivity index (χ3v) is 5.19. The molecule has 0 aliphatic heterocycles. The van der Waals surface area contributed by atoms with Crippen molar-refractivity contribution >= 4 is 29.3 Å². The van der Waals surface area contributed by atoms with Crippen molar-refractivity contribution in [3.05, 3.63) is 29.3 Å². The van der Waals surface area contributed by atoms with Gasteiger partial charge in [0.05, 0.1) is 0 Å². The number of hydrogen-bond donors (Lipinski definition) is 1. The van der Waals surface area contributed by atoms with Gasteiger partial charge in [-0.3, -0.25) is 4.79 Å². The summed E-state index contributed by atoms with van der Waals surface area (Å²) in [5.74, 6) is 1.56. The Kier molecular flexibility index (Phi) is 6.71. The van der Waals surface area contributed by atoms with Crippen LogP contribution in [0.1, 0.15) is 32.6 Å². The molecule has 2 rings (SSSR count). The summed E-state index contributed by atoms with van der Waals surface area (Å²) in [7, 11) is 0. The van der Waals surface area contributed by atoms with Gasteiger partial charge in [-0.05, 0) is 44.0 Å². The minimum atomic E-state index is -0.498. The molecule has 1 aliphatic rings. The average Bonchev–Trinajstić information content (AvgIpc) is 2.99. The predicted molar refractivity (Wildman–Crippen MR) is 89.3 cm³/mol. The summed E-state index contributed by atoms with van der Waals surface area (Å²) in [6, 6.07) is 7.03. The lowest BCUT2D eigenvalue weighted by Gasteiger charge is -2.15. The van der Waals surface area contributed by atoms with Gasteiger partial charge in [0.1, 0.15) is 5.75 Å². The van der Waals surface area contributed by atoms with Gasteiger partial charge < -0.3 is 10.1 Å². The van der Waals surface area contributed by atoms with Crippen molar-refractivity contribution in [2.24, 2.45) is 0 Å². The molecule has 0 aromatic heterocycles. The van der Waals surface area contributed by atoms with E-state index in [1.165, 1.54) is 25.7 Å². The van der Waals surface area contributed by atoms with Crippen molar-refractivity contribution in [3.63, 3.8) is 0 Å². The highest BCUT2D eigenvalue weighted by Gasteiger charge is 2.16.